The van der Waals surface area contributed by atoms with Crippen LogP contribution < -0.4 is 10.2 Å². The Bertz CT molecular complexity index is 688. The first-order chi connectivity index (χ1) is 12.2. The maximum atomic E-state index is 12.8. The summed E-state index contributed by atoms with van der Waals surface area (Å²) in [4.78, 5) is 19.0. The Balaban J connectivity index is 1.55. The third-order valence-corrected chi connectivity index (χ3v) is 5.73. The molecule has 3 rings (SSSR count). The maximum Gasteiger partial charge on any atom is 0.242 e. The molecule has 2 fully saturated rings. The molecule has 1 N–H and O–H groups in total. The summed E-state index contributed by atoms with van der Waals surface area (Å²) in [5, 5.41) is 4.76. The molecule has 2 aliphatic heterocycles. The number of hydrogen-bond acceptors (Lipinski definition) is 3. The molecule has 0 saturated carbocycles. The monoisotopic (exact) mass is 394 g/mol. The predicted octanol–water partition coefficient (Wildman–Crippen LogP) is 2.74. The number of carbonyl (C=O) groups excluding carboxylic acids is 1. The molecule has 1 aromatic carbocycles. The first-order valence-electron chi connectivity index (χ1n) is 9.12. The van der Waals surface area contributed by atoms with Gasteiger partial charge in [-0.1, -0.05) is 17.7 Å². The molecule has 142 valence electrons. The first-order valence-corrected chi connectivity index (χ1v) is 9.91. The highest BCUT2D eigenvalue weighted by molar-refractivity contribution is 7.80. The molecule has 0 bridgehead atoms. The smallest absolute Gasteiger partial charge is 0.242 e. The molecule has 1 amide bonds. The van der Waals surface area contributed by atoms with Crippen molar-refractivity contribution in [2.75, 3.05) is 37.6 Å². The number of piperazine rings is 1. The van der Waals surface area contributed by atoms with Crippen LogP contribution in [0.4, 0.5) is 5.69 Å². The average molecular weight is 395 g/mol. The Labute approximate surface area is 166 Å². The van der Waals surface area contributed by atoms with Crippen LogP contribution in [0.15, 0.2) is 24.3 Å². The van der Waals surface area contributed by atoms with Crippen molar-refractivity contribution < 1.29 is 4.79 Å². The van der Waals surface area contributed by atoms with Crippen LogP contribution in [0.25, 0.3) is 0 Å². The van der Waals surface area contributed by atoms with Gasteiger partial charge in [-0.05, 0) is 57.6 Å². The second kappa shape index (κ2) is 7.61. The molecule has 2 aliphatic rings. The molecule has 1 aromatic rings. The molecule has 1 atom stereocenters. The number of hydrogen-bond donors (Lipinski definition) is 1. The molecule has 26 heavy (non-hydrogen) atoms. The number of halogens is 1. The molecule has 5 nitrogen and oxygen atoms in total. The summed E-state index contributed by atoms with van der Waals surface area (Å²) < 4.78 is 0. The van der Waals surface area contributed by atoms with Gasteiger partial charge in [0, 0.05) is 48.5 Å². The fraction of sp³-hybridized carbons (Fsp3) is 0.579. The van der Waals surface area contributed by atoms with Crippen LogP contribution in [-0.4, -0.2) is 65.1 Å². The van der Waals surface area contributed by atoms with E-state index in [2.05, 4.69) is 37.1 Å². The molecule has 0 aromatic heterocycles. The van der Waals surface area contributed by atoms with Crippen molar-refractivity contribution in [3.05, 3.63) is 29.3 Å². The van der Waals surface area contributed by atoms with Gasteiger partial charge in [0.15, 0.2) is 5.11 Å². The largest absolute Gasteiger partial charge is 0.368 e. The number of nitrogens with one attached hydrogen (secondary N) is 1. The molecular weight excluding hydrogens is 368 g/mol. The zero-order valence-electron chi connectivity index (χ0n) is 15.7. The zero-order chi connectivity index (χ0) is 18.9. The standard InChI is InChI=1S/C19H27ClN4OS/c1-14-12-19(2,3)21-18(26)24(14)13-17(25)23-9-7-22(8-10-23)16-6-4-5-15(20)11-16/h4-6,11,14H,7-10,12-13H2,1-3H3,(H,21,26). The third kappa shape index (κ3) is 4.41. The molecule has 1 unspecified atom stereocenters. The van der Waals surface area contributed by atoms with Crippen LogP contribution in [0.3, 0.4) is 0 Å². The number of carbonyl (C=O) groups is 1. The summed E-state index contributed by atoms with van der Waals surface area (Å²) in [6, 6.07) is 8.13. The second-order valence-electron chi connectivity index (χ2n) is 7.84. The summed E-state index contributed by atoms with van der Waals surface area (Å²) in [5.41, 5.74) is 1.10. The quantitative estimate of drug-likeness (QED) is 0.798. The van der Waals surface area contributed by atoms with Gasteiger partial charge in [-0.2, -0.15) is 0 Å². The minimum atomic E-state index is -0.0152. The van der Waals surface area contributed by atoms with E-state index in [4.69, 9.17) is 23.8 Å². The van der Waals surface area contributed by atoms with E-state index in [9.17, 15) is 4.79 Å². The molecule has 2 heterocycles. The molecule has 0 aliphatic carbocycles. The Kier molecular flexibility index (Phi) is 5.63. The van der Waals surface area contributed by atoms with Crippen molar-refractivity contribution in [3.8, 4) is 0 Å². The van der Waals surface area contributed by atoms with Crippen LogP contribution in [-0.2, 0) is 4.79 Å². The molecule has 2 saturated heterocycles. The van der Waals surface area contributed by atoms with E-state index in [0.717, 1.165) is 43.3 Å². The Morgan fingerprint density at radius 1 is 1.31 bits per heavy atom. The van der Waals surface area contributed by atoms with E-state index in [1.807, 2.05) is 28.0 Å². The Hall–Kier alpha value is -1.53. The van der Waals surface area contributed by atoms with Crippen LogP contribution in [0, 0.1) is 0 Å². The van der Waals surface area contributed by atoms with Gasteiger partial charge in [-0.15, -0.1) is 0 Å². The molecule has 0 spiro atoms. The first kappa shape index (κ1) is 19.2. The van der Waals surface area contributed by atoms with E-state index in [0.29, 0.717) is 11.7 Å². The predicted molar refractivity (Wildman–Crippen MR) is 111 cm³/mol. The minimum absolute atomic E-state index is 0.0152. The highest BCUT2D eigenvalue weighted by atomic mass is 35.5. The lowest BCUT2D eigenvalue weighted by atomic mass is 9.93. The number of anilines is 1. The summed E-state index contributed by atoms with van der Waals surface area (Å²) in [5.74, 6) is 0.145. The molecule has 0 radical (unpaired) electrons. The lowest BCUT2D eigenvalue weighted by Crippen LogP contribution is -2.62. The number of nitrogens with zero attached hydrogens (tertiary/aromatic N) is 3. The van der Waals surface area contributed by atoms with Crippen molar-refractivity contribution in [3.63, 3.8) is 0 Å². The summed E-state index contributed by atoms with van der Waals surface area (Å²) in [7, 11) is 0. The molecule has 7 heteroatoms. The van der Waals surface area contributed by atoms with Crippen molar-refractivity contribution in [1.82, 2.24) is 15.1 Å². The van der Waals surface area contributed by atoms with Crippen molar-refractivity contribution >= 4 is 40.5 Å². The van der Waals surface area contributed by atoms with Gasteiger partial charge in [0.2, 0.25) is 5.91 Å². The summed E-state index contributed by atoms with van der Waals surface area (Å²) in [6.45, 7) is 9.85. The van der Waals surface area contributed by atoms with Crippen molar-refractivity contribution in [2.45, 2.75) is 38.8 Å². The van der Waals surface area contributed by atoms with Gasteiger partial charge in [0.25, 0.3) is 0 Å². The number of rotatable bonds is 3. The fourth-order valence-electron chi connectivity index (χ4n) is 3.82. The Morgan fingerprint density at radius 2 is 2.00 bits per heavy atom. The highest BCUT2D eigenvalue weighted by Crippen LogP contribution is 2.23. The number of thiocarbonyl (C=S) groups is 1. The van der Waals surface area contributed by atoms with Crippen LogP contribution in [0.2, 0.25) is 5.02 Å². The third-order valence-electron chi connectivity index (χ3n) is 5.16. The Morgan fingerprint density at radius 3 is 2.62 bits per heavy atom. The van der Waals surface area contributed by atoms with Crippen molar-refractivity contribution in [2.24, 2.45) is 0 Å². The van der Waals surface area contributed by atoms with Gasteiger partial charge < -0.3 is 20.0 Å². The highest BCUT2D eigenvalue weighted by Gasteiger charge is 2.35. The normalized spacial score (nSPS) is 23.0. The van der Waals surface area contributed by atoms with Gasteiger partial charge >= 0.3 is 0 Å². The fourth-order valence-corrected chi connectivity index (χ4v) is 4.53. The minimum Gasteiger partial charge on any atom is -0.368 e. The van der Waals surface area contributed by atoms with Gasteiger partial charge in [0.1, 0.15) is 0 Å². The van der Waals surface area contributed by atoms with Gasteiger partial charge in [-0.3, -0.25) is 4.79 Å². The van der Waals surface area contributed by atoms with E-state index in [-0.39, 0.29) is 17.5 Å². The zero-order valence-corrected chi connectivity index (χ0v) is 17.2. The van der Waals surface area contributed by atoms with E-state index < -0.39 is 0 Å². The SMILES string of the molecule is CC1CC(C)(C)NC(=S)N1CC(=O)N1CCN(c2cccc(Cl)c2)CC1. The van der Waals surface area contributed by atoms with E-state index >= 15 is 0 Å². The topological polar surface area (TPSA) is 38.8 Å². The van der Waals surface area contributed by atoms with Gasteiger partial charge in [0.05, 0.1) is 6.54 Å². The number of amides is 1. The second-order valence-corrected chi connectivity index (χ2v) is 8.67. The van der Waals surface area contributed by atoms with Crippen molar-refractivity contribution in [1.29, 1.82) is 0 Å². The van der Waals surface area contributed by atoms with E-state index in [1.165, 1.54) is 0 Å². The van der Waals surface area contributed by atoms with E-state index in [1.54, 1.807) is 0 Å². The van der Waals surface area contributed by atoms with Crippen LogP contribution in [0.1, 0.15) is 27.2 Å². The number of benzene rings is 1. The lowest BCUT2D eigenvalue weighted by Gasteiger charge is -2.45. The van der Waals surface area contributed by atoms with Crippen LogP contribution >= 0.6 is 23.8 Å². The maximum absolute atomic E-state index is 12.8. The average Bonchev–Trinajstić information content (AvgIpc) is 2.57. The van der Waals surface area contributed by atoms with Crippen LogP contribution in [0.5, 0.6) is 0 Å². The molecular formula is C19H27ClN4OS. The lowest BCUT2D eigenvalue weighted by molar-refractivity contribution is -0.132. The summed E-state index contributed by atoms with van der Waals surface area (Å²) >= 11 is 11.6. The summed E-state index contributed by atoms with van der Waals surface area (Å²) in [6.07, 6.45) is 0.961. The van der Waals surface area contributed by atoms with Gasteiger partial charge in [-0.25, -0.2) is 0 Å².